The number of rotatable bonds is 4. The van der Waals surface area contributed by atoms with Crippen molar-refractivity contribution in [2.45, 2.75) is 19.8 Å². The van der Waals surface area contributed by atoms with Crippen LogP contribution in [0.15, 0.2) is 42.9 Å². The molecule has 3 aromatic rings. The van der Waals surface area contributed by atoms with E-state index in [1.165, 1.54) is 6.33 Å². The van der Waals surface area contributed by atoms with Gasteiger partial charge in [0.1, 0.15) is 18.0 Å². The van der Waals surface area contributed by atoms with E-state index in [2.05, 4.69) is 27.2 Å². The molecule has 3 N–H and O–H groups in total. The van der Waals surface area contributed by atoms with Crippen molar-refractivity contribution in [1.29, 1.82) is 0 Å². The van der Waals surface area contributed by atoms with Crippen LogP contribution in [0.5, 0.6) is 0 Å². The van der Waals surface area contributed by atoms with Gasteiger partial charge in [-0.1, -0.05) is 19.4 Å². The molecule has 0 aliphatic carbocycles. The second kappa shape index (κ2) is 5.75. The zero-order valence-electron chi connectivity index (χ0n) is 11.9. The molecule has 0 saturated heterocycles. The third-order valence-electron chi connectivity index (χ3n) is 3.38. The zero-order chi connectivity index (χ0) is 14.7. The highest BCUT2D eigenvalue weighted by atomic mass is 15.0. The van der Waals surface area contributed by atoms with Crippen LogP contribution in [0.25, 0.3) is 10.9 Å². The minimum Gasteiger partial charge on any atom is -0.383 e. The van der Waals surface area contributed by atoms with Crippen LogP contribution in [0.1, 0.15) is 18.9 Å². The van der Waals surface area contributed by atoms with Crippen LogP contribution < -0.4 is 11.1 Å². The van der Waals surface area contributed by atoms with Crippen molar-refractivity contribution >= 4 is 28.2 Å². The maximum atomic E-state index is 5.97. The lowest BCUT2D eigenvalue weighted by Crippen LogP contribution is -2.05. The lowest BCUT2D eigenvalue weighted by Gasteiger charge is -2.13. The first-order chi connectivity index (χ1) is 10.3. The summed E-state index contributed by atoms with van der Waals surface area (Å²) in [5.41, 5.74) is 8.84. The van der Waals surface area contributed by atoms with Gasteiger partial charge in [-0.15, -0.1) is 0 Å². The van der Waals surface area contributed by atoms with Crippen LogP contribution in [0, 0.1) is 0 Å². The molecule has 2 heterocycles. The largest absolute Gasteiger partial charge is 0.383 e. The van der Waals surface area contributed by atoms with Crippen LogP contribution >= 0.6 is 0 Å². The van der Waals surface area contributed by atoms with Gasteiger partial charge in [-0.2, -0.15) is 0 Å². The quantitative estimate of drug-likeness (QED) is 0.766. The van der Waals surface area contributed by atoms with E-state index in [0.29, 0.717) is 5.82 Å². The van der Waals surface area contributed by atoms with Crippen molar-refractivity contribution in [3.63, 3.8) is 0 Å². The van der Waals surface area contributed by atoms with E-state index >= 15 is 0 Å². The molecular weight excluding hydrogens is 262 g/mol. The smallest absolute Gasteiger partial charge is 0.139 e. The molecule has 0 aliphatic heterocycles. The third-order valence-corrected chi connectivity index (χ3v) is 3.38. The molecule has 0 aliphatic rings. The number of hydrogen-bond acceptors (Lipinski definition) is 5. The van der Waals surface area contributed by atoms with Crippen LogP contribution in [0.4, 0.5) is 17.3 Å². The SMILES string of the molecule is CCCc1c(N)ncnc1Nc1cccc2ncccc12. The van der Waals surface area contributed by atoms with E-state index in [1.54, 1.807) is 6.20 Å². The third kappa shape index (κ3) is 2.63. The normalized spacial score (nSPS) is 10.7. The molecule has 0 bridgehead atoms. The van der Waals surface area contributed by atoms with Crippen molar-refractivity contribution < 1.29 is 0 Å². The van der Waals surface area contributed by atoms with Crippen LogP contribution in [0.3, 0.4) is 0 Å². The lowest BCUT2D eigenvalue weighted by atomic mass is 10.1. The molecule has 1 aromatic carbocycles. The van der Waals surface area contributed by atoms with Gasteiger partial charge in [-0.3, -0.25) is 4.98 Å². The fourth-order valence-electron chi connectivity index (χ4n) is 2.37. The minimum atomic E-state index is 0.535. The molecule has 0 amide bonds. The van der Waals surface area contributed by atoms with Crippen LogP contribution in [-0.2, 0) is 6.42 Å². The standard InChI is InChI=1S/C16H17N5/c1-2-5-12-15(17)19-10-20-16(12)21-14-8-3-7-13-11(14)6-4-9-18-13/h3-4,6-10H,2,5H2,1H3,(H3,17,19,20,21). The number of nitrogen functional groups attached to an aromatic ring is 1. The fourth-order valence-corrected chi connectivity index (χ4v) is 2.37. The molecular formula is C16H17N5. The Balaban J connectivity index is 2.05. The zero-order valence-corrected chi connectivity index (χ0v) is 11.9. The Kier molecular flexibility index (Phi) is 3.64. The first-order valence-corrected chi connectivity index (χ1v) is 6.99. The highest BCUT2D eigenvalue weighted by Crippen LogP contribution is 2.27. The van der Waals surface area contributed by atoms with E-state index < -0.39 is 0 Å². The monoisotopic (exact) mass is 279 g/mol. The maximum absolute atomic E-state index is 5.97. The highest BCUT2D eigenvalue weighted by molar-refractivity contribution is 5.93. The van der Waals surface area contributed by atoms with Crippen molar-refractivity contribution in [1.82, 2.24) is 15.0 Å². The van der Waals surface area contributed by atoms with Crippen LogP contribution in [0.2, 0.25) is 0 Å². The minimum absolute atomic E-state index is 0.535. The fraction of sp³-hybridized carbons (Fsp3) is 0.188. The molecule has 5 nitrogen and oxygen atoms in total. The Morgan fingerprint density at radius 2 is 2.00 bits per heavy atom. The summed E-state index contributed by atoms with van der Waals surface area (Å²) in [5.74, 6) is 1.30. The highest BCUT2D eigenvalue weighted by Gasteiger charge is 2.10. The molecule has 0 atom stereocenters. The number of benzene rings is 1. The van der Waals surface area contributed by atoms with Gasteiger partial charge in [0.2, 0.25) is 0 Å². The number of nitrogens with zero attached hydrogens (tertiary/aromatic N) is 3. The van der Waals surface area contributed by atoms with E-state index in [4.69, 9.17) is 5.73 Å². The topological polar surface area (TPSA) is 76.7 Å². The molecule has 0 unspecified atom stereocenters. The Hall–Kier alpha value is -2.69. The number of aromatic nitrogens is 3. The van der Waals surface area contributed by atoms with Gasteiger partial charge >= 0.3 is 0 Å². The molecule has 2 aromatic heterocycles. The van der Waals surface area contributed by atoms with Crippen molar-refractivity contribution in [2.75, 3.05) is 11.1 Å². The molecule has 0 fully saturated rings. The lowest BCUT2D eigenvalue weighted by molar-refractivity contribution is 0.908. The summed E-state index contributed by atoms with van der Waals surface area (Å²) in [6.45, 7) is 2.11. The summed E-state index contributed by atoms with van der Waals surface area (Å²) in [6.07, 6.45) is 5.11. The van der Waals surface area contributed by atoms with E-state index in [9.17, 15) is 0 Å². The first kappa shape index (κ1) is 13.3. The van der Waals surface area contributed by atoms with E-state index in [1.807, 2.05) is 30.3 Å². The first-order valence-electron chi connectivity index (χ1n) is 6.99. The molecule has 5 heteroatoms. The number of nitrogens with two attached hydrogens (primary N) is 1. The Morgan fingerprint density at radius 1 is 1.10 bits per heavy atom. The number of hydrogen-bond donors (Lipinski definition) is 2. The second-order valence-electron chi connectivity index (χ2n) is 4.84. The molecule has 106 valence electrons. The number of fused-ring (bicyclic) bond motifs is 1. The van der Waals surface area contributed by atoms with E-state index in [0.717, 1.165) is 40.8 Å². The van der Waals surface area contributed by atoms with Gasteiger partial charge in [0.05, 0.1) is 5.52 Å². The predicted octanol–water partition coefficient (Wildman–Crippen LogP) is 3.30. The van der Waals surface area contributed by atoms with Crippen molar-refractivity contribution in [2.24, 2.45) is 0 Å². The summed E-state index contributed by atoms with van der Waals surface area (Å²) >= 11 is 0. The summed E-state index contributed by atoms with van der Waals surface area (Å²) in [4.78, 5) is 12.8. The Morgan fingerprint density at radius 3 is 2.86 bits per heavy atom. The average Bonchev–Trinajstić information content (AvgIpc) is 2.51. The summed E-state index contributed by atoms with van der Waals surface area (Å²) < 4.78 is 0. The summed E-state index contributed by atoms with van der Waals surface area (Å²) in [6, 6.07) is 9.94. The second-order valence-corrected chi connectivity index (χ2v) is 4.84. The van der Waals surface area contributed by atoms with Gasteiger partial charge in [0.25, 0.3) is 0 Å². The van der Waals surface area contributed by atoms with Gasteiger partial charge in [-0.05, 0) is 30.7 Å². The van der Waals surface area contributed by atoms with Gasteiger partial charge in [0, 0.05) is 22.8 Å². The Bertz CT molecular complexity index is 764. The molecule has 0 radical (unpaired) electrons. The van der Waals surface area contributed by atoms with Crippen LogP contribution in [-0.4, -0.2) is 15.0 Å². The van der Waals surface area contributed by atoms with Gasteiger partial charge in [-0.25, -0.2) is 9.97 Å². The summed E-state index contributed by atoms with van der Waals surface area (Å²) in [7, 11) is 0. The number of anilines is 3. The molecule has 3 rings (SSSR count). The maximum Gasteiger partial charge on any atom is 0.139 e. The average molecular weight is 279 g/mol. The molecule has 21 heavy (non-hydrogen) atoms. The molecule has 0 spiro atoms. The van der Waals surface area contributed by atoms with Crippen molar-refractivity contribution in [3.8, 4) is 0 Å². The van der Waals surface area contributed by atoms with Crippen molar-refractivity contribution in [3.05, 3.63) is 48.4 Å². The van der Waals surface area contributed by atoms with Gasteiger partial charge < -0.3 is 11.1 Å². The predicted molar refractivity (Wildman–Crippen MR) is 85.5 cm³/mol. The summed E-state index contributed by atoms with van der Waals surface area (Å²) in [5, 5.41) is 4.43. The van der Waals surface area contributed by atoms with Gasteiger partial charge in [0.15, 0.2) is 0 Å². The molecule has 0 saturated carbocycles. The number of pyridine rings is 1. The van der Waals surface area contributed by atoms with E-state index in [-0.39, 0.29) is 0 Å². The Labute approximate surface area is 123 Å². The number of nitrogens with one attached hydrogen (secondary N) is 1.